The van der Waals surface area contributed by atoms with Gasteiger partial charge in [0, 0.05) is 34.4 Å². The Morgan fingerprint density at radius 2 is 2.11 bits per heavy atom. The lowest BCUT2D eigenvalue weighted by atomic mass is 10.1. The van der Waals surface area contributed by atoms with E-state index in [4.69, 9.17) is 5.73 Å². The number of halogens is 2. The lowest BCUT2D eigenvalue weighted by Gasteiger charge is -2.13. The van der Waals surface area contributed by atoms with Crippen molar-refractivity contribution in [2.24, 2.45) is 5.73 Å². The summed E-state index contributed by atoms with van der Waals surface area (Å²) in [6.45, 7) is 2.03. The highest BCUT2D eigenvalue weighted by Gasteiger charge is 2.15. The van der Waals surface area contributed by atoms with Gasteiger partial charge in [0.1, 0.15) is 4.99 Å². The zero-order chi connectivity index (χ0) is 13.9. The van der Waals surface area contributed by atoms with Gasteiger partial charge in [-0.2, -0.15) is 0 Å². The van der Waals surface area contributed by atoms with Gasteiger partial charge in [0.05, 0.1) is 5.69 Å². The van der Waals surface area contributed by atoms with Gasteiger partial charge in [-0.1, -0.05) is 12.2 Å². The number of hydrogen-bond acceptors (Lipinski definition) is 3. The van der Waals surface area contributed by atoms with E-state index >= 15 is 0 Å². The maximum atomic E-state index is 13.6. The van der Waals surface area contributed by atoms with E-state index in [0.717, 1.165) is 0 Å². The predicted molar refractivity (Wildman–Crippen MR) is 74.3 cm³/mol. The van der Waals surface area contributed by atoms with E-state index in [0.29, 0.717) is 0 Å². The summed E-state index contributed by atoms with van der Waals surface area (Å²) in [5.41, 5.74) is 5.14. The average molecular weight is 292 g/mol. The molecule has 0 aromatic heterocycles. The zero-order valence-corrected chi connectivity index (χ0v) is 11.6. The topological polar surface area (TPSA) is 55.1 Å². The molecule has 0 saturated heterocycles. The van der Waals surface area contributed by atoms with E-state index < -0.39 is 22.4 Å². The summed E-state index contributed by atoms with van der Waals surface area (Å²) in [6, 6.07) is 2.68. The van der Waals surface area contributed by atoms with Crippen LogP contribution in [0.1, 0.15) is 12.5 Å². The fraction of sp³-hybridized carbons (Fsp3) is 0.364. The van der Waals surface area contributed by atoms with Crippen LogP contribution in [0, 0.1) is 11.6 Å². The van der Waals surface area contributed by atoms with Crippen LogP contribution in [0.15, 0.2) is 12.1 Å². The highest BCUT2D eigenvalue weighted by molar-refractivity contribution is 7.84. The van der Waals surface area contributed by atoms with Crippen molar-refractivity contribution in [3.8, 4) is 0 Å². The van der Waals surface area contributed by atoms with Gasteiger partial charge in [-0.3, -0.25) is 4.21 Å². The Morgan fingerprint density at radius 1 is 1.50 bits per heavy atom. The van der Waals surface area contributed by atoms with E-state index in [1.165, 1.54) is 12.1 Å². The van der Waals surface area contributed by atoms with Crippen molar-refractivity contribution in [2.45, 2.75) is 12.2 Å². The smallest absolute Gasteiger partial charge is 0.182 e. The Labute approximate surface area is 112 Å². The standard InChI is InChI=1S/C11H14F2N2OS2/c1-6(18(2)16)5-15-8-4-3-7(11(14)17)9(12)10(8)13/h3-4,6,15H,5H2,1-2H3,(H2,14,17). The predicted octanol–water partition coefficient (Wildman–Crippen LogP) is 1.78. The molecule has 1 aromatic rings. The molecule has 0 amide bonds. The van der Waals surface area contributed by atoms with Crippen molar-refractivity contribution < 1.29 is 13.0 Å². The second-order valence-electron chi connectivity index (χ2n) is 3.84. The van der Waals surface area contributed by atoms with Gasteiger partial charge >= 0.3 is 0 Å². The first kappa shape index (κ1) is 15.0. The Morgan fingerprint density at radius 3 is 2.61 bits per heavy atom. The molecule has 0 spiro atoms. The molecular formula is C11H14F2N2OS2. The molecule has 2 unspecified atom stereocenters. The minimum absolute atomic E-state index is 0.00444. The molecule has 0 aliphatic carbocycles. The van der Waals surface area contributed by atoms with E-state index in [2.05, 4.69) is 17.5 Å². The van der Waals surface area contributed by atoms with E-state index in [-0.39, 0.29) is 28.0 Å². The molecule has 1 rings (SSSR count). The third-order valence-corrected chi connectivity index (χ3v) is 4.01. The molecule has 0 fully saturated rings. The van der Waals surface area contributed by atoms with E-state index in [1.54, 1.807) is 13.2 Å². The van der Waals surface area contributed by atoms with Gasteiger partial charge in [0.2, 0.25) is 0 Å². The van der Waals surface area contributed by atoms with Crippen LogP contribution < -0.4 is 11.1 Å². The monoisotopic (exact) mass is 292 g/mol. The van der Waals surface area contributed by atoms with Crippen LogP contribution in [0.2, 0.25) is 0 Å². The summed E-state index contributed by atoms with van der Waals surface area (Å²) < 4.78 is 38.3. The van der Waals surface area contributed by atoms with E-state index in [9.17, 15) is 13.0 Å². The van der Waals surface area contributed by atoms with Gasteiger partial charge in [0.25, 0.3) is 0 Å². The molecular weight excluding hydrogens is 278 g/mol. The van der Waals surface area contributed by atoms with Crippen molar-refractivity contribution >= 4 is 33.7 Å². The molecule has 1 aromatic carbocycles. The van der Waals surface area contributed by atoms with Crippen LogP contribution in [-0.2, 0) is 10.8 Å². The molecule has 0 radical (unpaired) electrons. The highest BCUT2D eigenvalue weighted by atomic mass is 32.2. The largest absolute Gasteiger partial charge is 0.389 e. The number of thiocarbonyl (C=S) groups is 1. The van der Waals surface area contributed by atoms with Crippen LogP contribution in [0.4, 0.5) is 14.5 Å². The van der Waals surface area contributed by atoms with Crippen LogP contribution in [-0.4, -0.2) is 27.2 Å². The molecule has 2 atom stereocenters. The van der Waals surface area contributed by atoms with E-state index in [1.807, 2.05) is 0 Å². The number of benzene rings is 1. The molecule has 3 nitrogen and oxygen atoms in total. The SMILES string of the molecule is CC(CNc1ccc(C(N)=S)c(F)c1F)S(C)=O. The summed E-state index contributed by atoms with van der Waals surface area (Å²) in [5.74, 6) is -2.10. The molecule has 18 heavy (non-hydrogen) atoms. The normalized spacial score (nSPS) is 14.0. The number of hydrogen-bond donors (Lipinski definition) is 2. The third-order valence-electron chi connectivity index (χ3n) is 2.49. The molecule has 3 N–H and O–H groups in total. The fourth-order valence-electron chi connectivity index (χ4n) is 1.25. The van der Waals surface area contributed by atoms with Gasteiger partial charge in [0.15, 0.2) is 11.6 Å². The second kappa shape index (κ2) is 6.19. The molecule has 0 aliphatic rings. The zero-order valence-electron chi connectivity index (χ0n) is 10.00. The maximum Gasteiger partial charge on any atom is 0.182 e. The van der Waals surface area contributed by atoms with Gasteiger partial charge in [-0.25, -0.2) is 8.78 Å². The summed E-state index contributed by atoms with van der Waals surface area (Å²) in [4.78, 5) is -0.194. The molecule has 0 saturated carbocycles. The number of nitrogens with one attached hydrogen (secondary N) is 1. The van der Waals surface area contributed by atoms with Crippen LogP contribution in [0.5, 0.6) is 0 Å². The minimum Gasteiger partial charge on any atom is -0.389 e. The molecule has 7 heteroatoms. The quantitative estimate of drug-likeness (QED) is 0.812. The first-order valence-electron chi connectivity index (χ1n) is 5.18. The van der Waals surface area contributed by atoms with Crippen LogP contribution in [0.3, 0.4) is 0 Å². The number of nitrogens with two attached hydrogens (primary N) is 1. The van der Waals surface area contributed by atoms with Crippen LogP contribution >= 0.6 is 12.2 Å². The summed E-state index contributed by atoms with van der Waals surface area (Å²) in [6.07, 6.45) is 1.55. The average Bonchev–Trinajstić information content (AvgIpc) is 2.30. The minimum atomic E-state index is -1.07. The Hall–Kier alpha value is -1.08. The van der Waals surface area contributed by atoms with Crippen LogP contribution in [0.25, 0.3) is 0 Å². The Kier molecular flexibility index (Phi) is 5.15. The first-order valence-corrected chi connectivity index (χ1v) is 7.21. The Balaban J connectivity index is 2.89. The molecule has 0 aliphatic heterocycles. The maximum absolute atomic E-state index is 13.6. The molecule has 0 bridgehead atoms. The molecule has 0 heterocycles. The van der Waals surface area contributed by atoms with Gasteiger partial charge in [-0.05, 0) is 19.1 Å². The van der Waals surface area contributed by atoms with Gasteiger partial charge in [-0.15, -0.1) is 0 Å². The Bertz CT molecular complexity index is 494. The summed E-state index contributed by atoms with van der Waals surface area (Å²) >= 11 is 4.60. The summed E-state index contributed by atoms with van der Waals surface area (Å²) in [7, 11) is -1.03. The third kappa shape index (κ3) is 3.46. The van der Waals surface area contributed by atoms with Crippen molar-refractivity contribution in [1.82, 2.24) is 0 Å². The van der Waals surface area contributed by atoms with Crippen molar-refractivity contribution in [3.05, 3.63) is 29.3 Å². The van der Waals surface area contributed by atoms with Crippen molar-refractivity contribution in [1.29, 1.82) is 0 Å². The fourth-order valence-corrected chi connectivity index (χ4v) is 1.72. The summed E-state index contributed by atoms with van der Waals surface area (Å²) in [5, 5.41) is 2.54. The lowest BCUT2D eigenvalue weighted by Crippen LogP contribution is -2.21. The molecule has 100 valence electrons. The number of rotatable bonds is 5. The second-order valence-corrected chi connectivity index (χ2v) is 6.08. The first-order chi connectivity index (χ1) is 8.34. The van der Waals surface area contributed by atoms with Crippen molar-refractivity contribution in [2.75, 3.05) is 18.1 Å². The van der Waals surface area contributed by atoms with Crippen molar-refractivity contribution in [3.63, 3.8) is 0 Å². The lowest BCUT2D eigenvalue weighted by molar-refractivity contribution is 0.509. The highest BCUT2D eigenvalue weighted by Crippen LogP contribution is 2.20. The van der Waals surface area contributed by atoms with Gasteiger partial charge < -0.3 is 11.1 Å². The number of anilines is 1.